The van der Waals surface area contributed by atoms with Crippen molar-refractivity contribution >= 4 is 22.9 Å². The van der Waals surface area contributed by atoms with Gasteiger partial charge in [-0.1, -0.05) is 11.6 Å². The zero-order valence-electron chi connectivity index (χ0n) is 8.71. The highest BCUT2D eigenvalue weighted by Crippen LogP contribution is 2.27. The van der Waals surface area contributed by atoms with Gasteiger partial charge in [0.15, 0.2) is 11.5 Å². The standard InChI is InChI=1S/C11H8ClN5/c12-7-1-2-8(9(13)5-7)11-16-15-10-3-4-14-6-17(10)11/h1-6H,13H2. The van der Waals surface area contributed by atoms with Crippen LogP contribution in [0, 0.1) is 0 Å². The van der Waals surface area contributed by atoms with Crippen LogP contribution in [0.2, 0.25) is 5.02 Å². The van der Waals surface area contributed by atoms with Gasteiger partial charge in [0.25, 0.3) is 0 Å². The smallest absolute Gasteiger partial charge is 0.171 e. The molecule has 6 heteroatoms. The molecule has 3 aromatic rings. The van der Waals surface area contributed by atoms with Crippen LogP contribution >= 0.6 is 11.6 Å². The summed E-state index contributed by atoms with van der Waals surface area (Å²) in [6.45, 7) is 0. The minimum absolute atomic E-state index is 0.565. The summed E-state index contributed by atoms with van der Waals surface area (Å²) in [4.78, 5) is 4.03. The van der Waals surface area contributed by atoms with Gasteiger partial charge in [0.1, 0.15) is 6.33 Å². The topological polar surface area (TPSA) is 69.1 Å². The third kappa shape index (κ3) is 1.60. The first-order valence-corrected chi connectivity index (χ1v) is 5.33. The average molecular weight is 246 g/mol. The first kappa shape index (κ1) is 10.0. The van der Waals surface area contributed by atoms with E-state index in [-0.39, 0.29) is 0 Å². The fourth-order valence-corrected chi connectivity index (χ4v) is 1.85. The molecule has 0 aliphatic rings. The number of fused-ring (bicyclic) bond motifs is 1. The highest BCUT2D eigenvalue weighted by Gasteiger charge is 2.10. The molecule has 17 heavy (non-hydrogen) atoms. The van der Waals surface area contributed by atoms with Crippen LogP contribution in [-0.4, -0.2) is 19.6 Å². The maximum atomic E-state index is 5.92. The zero-order valence-corrected chi connectivity index (χ0v) is 9.46. The molecule has 0 radical (unpaired) electrons. The molecular weight excluding hydrogens is 238 g/mol. The van der Waals surface area contributed by atoms with Crippen molar-refractivity contribution < 1.29 is 0 Å². The average Bonchev–Trinajstić information content (AvgIpc) is 2.73. The van der Waals surface area contributed by atoms with Crippen molar-refractivity contribution in [3.05, 3.63) is 41.8 Å². The van der Waals surface area contributed by atoms with Crippen molar-refractivity contribution in [3.8, 4) is 11.4 Å². The van der Waals surface area contributed by atoms with Crippen LogP contribution in [0.3, 0.4) is 0 Å². The summed E-state index contributed by atoms with van der Waals surface area (Å²) >= 11 is 5.86. The van der Waals surface area contributed by atoms with Gasteiger partial charge < -0.3 is 5.73 Å². The van der Waals surface area contributed by atoms with Gasteiger partial charge in [0.2, 0.25) is 0 Å². The molecule has 0 atom stereocenters. The summed E-state index contributed by atoms with van der Waals surface area (Å²) < 4.78 is 1.78. The summed E-state index contributed by atoms with van der Waals surface area (Å²) in [5, 5.41) is 8.74. The number of halogens is 1. The lowest BCUT2D eigenvalue weighted by Gasteiger charge is -2.03. The quantitative estimate of drug-likeness (QED) is 0.666. The molecule has 1 aromatic carbocycles. The number of aromatic nitrogens is 4. The molecule has 0 saturated carbocycles. The predicted octanol–water partition coefficient (Wildman–Crippen LogP) is 2.03. The van der Waals surface area contributed by atoms with Gasteiger partial charge in [-0.2, -0.15) is 0 Å². The Morgan fingerprint density at radius 3 is 2.88 bits per heavy atom. The second-order valence-corrected chi connectivity index (χ2v) is 4.00. The van der Waals surface area contributed by atoms with Crippen LogP contribution in [0.5, 0.6) is 0 Å². The normalized spacial score (nSPS) is 10.9. The summed E-state index contributed by atoms with van der Waals surface area (Å²) in [6, 6.07) is 7.06. The zero-order chi connectivity index (χ0) is 11.8. The van der Waals surface area contributed by atoms with Crippen molar-refractivity contribution in [2.24, 2.45) is 0 Å². The first-order valence-electron chi connectivity index (χ1n) is 4.96. The van der Waals surface area contributed by atoms with Gasteiger partial charge in [-0.25, -0.2) is 4.98 Å². The van der Waals surface area contributed by atoms with Crippen LogP contribution in [0.1, 0.15) is 0 Å². The molecule has 2 N–H and O–H groups in total. The molecule has 2 heterocycles. The minimum atomic E-state index is 0.565. The van der Waals surface area contributed by atoms with Crippen molar-refractivity contribution in [1.29, 1.82) is 0 Å². The number of nitrogen functional groups attached to an aromatic ring is 1. The van der Waals surface area contributed by atoms with Crippen molar-refractivity contribution in [3.63, 3.8) is 0 Å². The van der Waals surface area contributed by atoms with Gasteiger partial charge in [-0.3, -0.25) is 4.40 Å². The van der Waals surface area contributed by atoms with E-state index in [1.807, 2.05) is 6.07 Å². The lowest BCUT2D eigenvalue weighted by atomic mass is 10.1. The Labute approximate surface area is 102 Å². The van der Waals surface area contributed by atoms with Crippen molar-refractivity contribution in [1.82, 2.24) is 19.6 Å². The lowest BCUT2D eigenvalue weighted by molar-refractivity contribution is 1.08. The maximum Gasteiger partial charge on any atom is 0.171 e. The molecule has 0 amide bonds. The number of anilines is 1. The van der Waals surface area contributed by atoms with Crippen molar-refractivity contribution in [2.45, 2.75) is 0 Å². The van der Waals surface area contributed by atoms with Crippen LogP contribution in [0.15, 0.2) is 36.8 Å². The second-order valence-electron chi connectivity index (χ2n) is 3.56. The molecule has 0 saturated heterocycles. The minimum Gasteiger partial charge on any atom is -0.398 e. The van der Waals surface area contributed by atoms with E-state index in [4.69, 9.17) is 17.3 Å². The van der Waals surface area contributed by atoms with Crippen LogP contribution in [0.25, 0.3) is 17.0 Å². The van der Waals surface area contributed by atoms with Crippen LogP contribution in [-0.2, 0) is 0 Å². The van der Waals surface area contributed by atoms with Gasteiger partial charge in [-0.05, 0) is 18.2 Å². The number of nitrogens with zero attached hydrogens (tertiary/aromatic N) is 4. The van der Waals surface area contributed by atoms with Gasteiger partial charge in [0, 0.05) is 28.5 Å². The number of benzene rings is 1. The molecule has 3 rings (SSSR count). The van der Waals surface area contributed by atoms with Crippen LogP contribution in [0.4, 0.5) is 5.69 Å². The van der Waals surface area contributed by atoms with E-state index in [2.05, 4.69) is 15.2 Å². The Kier molecular flexibility index (Phi) is 2.19. The van der Waals surface area contributed by atoms with E-state index >= 15 is 0 Å². The molecule has 0 aliphatic carbocycles. The molecule has 0 aliphatic heterocycles. The number of hydrogen-bond donors (Lipinski definition) is 1. The molecule has 0 fully saturated rings. The molecule has 0 bridgehead atoms. The Morgan fingerprint density at radius 2 is 2.06 bits per heavy atom. The maximum absolute atomic E-state index is 5.92. The van der Waals surface area contributed by atoms with Gasteiger partial charge >= 0.3 is 0 Å². The SMILES string of the molecule is Nc1cc(Cl)ccc1-c1nnc2ccncn12. The van der Waals surface area contributed by atoms with E-state index in [0.29, 0.717) is 16.5 Å². The molecule has 84 valence electrons. The third-order valence-electron chi connectivity index (χ3n) is 2.47. The number of nitrogens with two attached hydrogens (primary N) is 1. The second kappa shape index (κ2) is 3.71. The molecule has 0 spiro atoms. The Hall–Kier alpha value is -2.14. The van der Waals surface area contributed by atoms with E-state index in [0.717, 1.165) is 11.2 Å². The molecule has 0 unspecified atom stereocenters. The van der Waals surface area contributed by atoms with E-state index in [1.165, 1.54) is 0 Å². The van der Waals surface area contributed by atoms with E-state index < -0.39 is 0 Å². The fraction of sp³-hybridized carbons (Fsp3) is 0. The Bertz CT molecular complexity index is 691. The van der Waals surface area contributed by atoms with Gasteiger partial charge in [-0.15, -0.1) is 10.2 Å². The molecule has 2 aromatic heterocycles. The summed E-state index contributed by atoms with van der Waals surface area (Å²) in [5.74, 6) is 0.655. The molecule has 5 nitrogen and oxygen atoms in total. The Morgan fingerprint density at radius 1 is 1.18 bits per heavy atom. The third-order valence-corrected chi connectivity index (χ3v) is 2.70. The fourth-order valence-electron chi connectivity index (χ4n) is 1.67. The predicted molar refractivity (Wildman–Crippen MR) is 65.6 cm³/mol. The highest BCUT2D eigenvalue weighted by molar-refractivity contribution is 6.31. The summed E-state index contributed by atoms with van der Waals surface area (Å²) in [5.41, 5.74) is 8.00. The lowest BCUT2D eigenvalue weighted by Crippen LogP contribution is -1.95. The Balaban J connectivity index is 2.27. The molecular formula is C11H8ClN5. The van der Waals surface area contributed by atoms with Gasteiger partial charge in [0.05, 0.1) is 0 Å². The highest BCUT2D eigenvalue weighted by atomic mass is 35.5. The van der Waals surface area contributed by atoms with E-state index in [1.54, 1.807) is 35.1 Å². The summed E-state index contributed by atoms with van der Waals surface area (Å²) in [6.07, 6.45) is 3.32. The van der Waals surface area contributed by atoms with E-state index in [9.17, 15) is 0 Å². The monoisotopic (exact) mass is 245 g/mol. The summed E-state index contributed by atoms with van der Waals surface area (Å²) in [7, 11) is 0. The first-order chi connectivity index (χ1) is 8.25. The number of hydrogen-bond acceptors (Lipinski definition) is 4. The van der Waals surface area contributed by atoms with Crippen molar-refractivity contribution in [2.75, 3.05) is 5.73 Å². The number of rotatable bonds is 1. The largest absolute Gasteiger partial charge is 0.398 e. The van der Waals surface area contributed by atoms with Crippen LogP contribution < -0.4 is 5.73 Å².